The molecule has 152 valence electrons. The molecule has 2 heterocycles. The molecule has 0 N–H and O–H groups in total. The largest absolute Gasteiger partial charge is 0.493 e. The van der Waals surface area contributed by atoms with E-state index < -0.39 is 0 Å². The van der Waals surface area contributed by atoms with E-state index in [0.29, 0.717) is 29.4 Å². The second-order valence-electron chi connectivity index (χ2n) is 6.80. The van der Waals surface area contributed by atoms with E-state index in [2.05, 4.69) is 6.58 Å². The molecular weight excluding hydrogens is 412 g/mol. The number of benzene rings is 2. The van der Waals surface area contributed by atoms with Gasteiger partial charge in [0.2, 0.25) is 0 Å². The number of hydrogen-bond acceptors (Lipinski definition) is 5. The maximum absolute atomic E-state index is 13.3. The van der Waals surface area contributed by atoms with E-state index in [-0.39, 0.29) is 5.56 Å². The summed E-state index contributed by atoms with van der Waals surface area (Å²) >= 11 is 3.04. The van der Waals surface area contributed by atoms with Gasteiger partial charge in [-0.3, -0.25) is 9.36 Å². The number of aromatic nitrogens is 2. The molecule has 30 heavy (non-hydrogen) atoms. The Morgan fingerprint density at radius 2 is 1.93 bits per heavy atom. The fraction of sp³-hybridized carbons (Fsp3) is 0.167. The molecule has 0 atom stereocenters. The normalized spacial score (nSPS) is 11.0. The minimum atomic E-state index is -0.0260. The molecule has 0 fully saturated rings. The van der Waals surface area contributed by atoms with Crippen molar-refractivity contribution in [2.45, 2.75) is 18.6 Å². The molecule has 0 aliphatic rings. The van der Waals surface area contributed by atoms with Gasteiger partial charge in [-0.05, 0) is 24.6 Å². The van der Waals surface area contributed by atoms with Crippen LogP contribution in [0.4, 0.5) is 0 Å². The summed E-state index contributed by atoms with van der Waals surface area (Å²) in [7, 11) is 0. The molecule has 0 radical (unpaired) electrons. The Labute approximate surface area is 183 Å². The predicted octanol–water partition coefficient (Wildman–Crippen LogP) is 5.79. The summed E-state index contributed by atoms with van der Waals surface area (Å²) in [4.78, 5) is 18.9. The third-order valence-electron chi connectivity index (χ3n) is 4.66. The standard InChI is InChI=1S/C24H22N2O2S2/c1-3-13-26-23(27)21-20(18-7-5-4-6-8-18)16-30-22(21)25-24(26)29-15-14-28-19-11-9-17(2)10-12-19/h3-12,16H,1,13-15H2,2H3. The van der Waals surface area contributed by atoms with Gasteiger partial charge in [-0.1, -0.05) is 65.9 Å². The van der Waals surface area contributed by atoms with E-state index >= 15 is 0 Å². The molecular formula is C24H22N2O2S2. The first-order valence-electron chi connectivity index (χ1n) is 9.68. The summed E-state index contributed by atoms with van der Waals surface area (Å²) in [6.45, 7) is 6.82. The molecule has 0 spiro atoms. The number of hydrogen-bond donors (Lipinski definition) is 0. The van der Waals surface area contributed by atoms with Crippen molar-refractivity contribution in [2.24, 2.45) is 0 Å². The van der Waals surface area contributed by atoms with Gasteiger partial charge in [0, 0.05) is 23.2 Å². The summed E-state index contributed by atoms with van der Waals surface area (Å²) in [5.41, 5.74) is 3.14. The lowest BCUT2D eigenvalue weighted by atomic mass is 10.1. The van der Waals surface area contributed by atoms with Crippen molar-refractivity contribution in [3.63, 3.8) is 0 Å². The Morgan fingerprint density at radius 3 is 2.67 bits per heavy atom. The maximum Gasteiger partial charge on any atom is 0.263 e. The maximum atomic E-state index is 13.3. The van der Waals surface area contributed by atoms with Crippen LogP contribution in [-0.2, 0) is 6.54 Å². The number of ether oxygens (including phenoxy) is 1. The van der Waals surface area contributed by atoms with Crippen LogP contribution in [0.25, 0.3) is 21.3 Å². The second kappa shape index (κ2) is 9.32. The zero-order valence-corrected chi connectivity index (χ0v) is 18.3. The number of allylic oxidation sites excluding steroid dienone is 1. The smallest absolute Gasteiger partial charge is 0.263 e. The average Bonchev–Trinajstić information content (AvgIpc) is 3.20. The predicted molar refractivity (Wildman–Crippen MR) is 127 cm³/mol. The first-order chi connectivity index (χ1) is 14.7. The van der Waals surface area contributed by atoms with Crippen LogP contribution < -0.4 is 10.3 Å². The lowest BCUT2D eigenvalue weighted by Crippen LogP contribution is -2.22. The van der Waals surface area contributed by atoms with Crippen LogP contribution in [0, 0.1) is 6.92 Å². The molecule has 4 aromatic rings. The van der Waals surface area contributed by atoms with E-state index in [1.807, 2.05) is 66.9 Å². The molecule has 0 unspecified atom stereocenters. The van der Waals surface area contributed by atoms with Gasteiger partial charge in [0.05, 0.1) is 12.0 Å². The number of aryl methyl sites for hydroxylation is 1. The van der Waals surface area contributed by atoms with Gasteiger partial charge in [0.1, 0.15) is 10.6 Å². The first kappa shape index (κ1) is 20.4. The highest BCUT2D eigenvalue weighted by Crippen LogP contribution is 2.32. The van der Waals surface area contributed by atoms with Gasteiger partial charge in [-0.2, -0.15) is 0 Å². The average molecular weight is 435 g/mol. The molecule has 0 saturated heterocycles. The summed E-state index contributed by atoms with van der Waals surface area (Å²) < 4.78 is 7.51. The highest BCUT2D eigenvalue weighted by molar-refractivity contribution is 7.99. The van der Waals surface area contributed by atoms with E-state index in [1.165, 1.54) is 28.7 Å². The van der Waals surface area contributed by atoms with E-state index in [9.17, 15) is 4.79 Å². The highest BCUT2D eigenvalue weighted by atomic mass is 32.2. The number of rotatable bonds is 8. The van der Waals surface area contributed by atoms with Crippen LogP contribution in [0.5, 0.6) is 5.75 Å². The monoisotopic (exact) mass is 434 g/mol. The van der Waals surface area contributed by atoms with E-state index in [1.54, 1.807) is 10.6 Å². The van der Waals surface area contributed by atoms with Gasteiger partial charge in [-0.25, -0.2) is 4.98 Å². The highest BCUT2D eigenvalue weighted by Gasteiger charge is 2.16. The zero-order chi connectivity index (χ0) is 20.9. The Hall–Kier alpha value is -2.83. The Balaban J connectivity index is 1.58. The third-order valence-corrected chi connectivity index (χ3v) is 6.47. The molecule has 4 nitrogen and oxygen atoms in total. The van der Waals surface area contributed by atoms with Crippen LogP contribution in [0.1, 0.15) is 5.56 Å². The second-order valence-corrected chi connectivity index (χ2v) is 8.72. The molecule has 2 aromatic heterocycles. The molecule has 0 amide bonds. The Bertz CT molecular complexity index is 1210. The van der Waals surface area contributed by atoms with Gasteiger partial charge in [0.25, 0.3) is 5.56 Å². The van der Waals surface area contributed by atoms with Gasteiger partial charge in [-0.15, -0.1) is 17.9 Å². The molecule has 0 saturated carbocycles. The first-order valence-corrected chi connectivity index (χ1v) is 11.5. The molecule has 0 aliphatic carbocycles. The van der Waals surface area contributed by atoms with Crippen LogP contribution in [0.2, 0.25) is 0 Å². The fourth-order valence-electron chi connectivity index (χ4n) is 3.16. The minimum Gasteiger partial charge on any atom is -0.493 e. The summed E-state index contributed by atoms with van der Waals surface area (Å²) in [5.74, 6) is 1.54. The lowest BCUT2D eigenvalue weighted by Gasteiger charge is -2.11. The van der Waals surface area contributed by atoms with Gasteiger partial charge in [0.15, 0.2) is 5.16 Å². The molecule has 4 rings (SSSR count). The lowest BCUT2D eigenvalue weighted by molar-refractivity contribution is 0.343. The molecule has 0 aliphatic heterocycles. The van der Waals surface area contributed by atoms with Crippen LogP contribution in [0.3, 0.4) is 0 Å². The molecule has 0 bridgehead atoms. The topological polar surface area (TPSA) is 44.1 Å². The number of thioether (sulfide) groups is 1. The molecule has 2 aromatic carbocycles. The quantitative estimate of drug-likeness (QED) is 0.152. The number of thiophene rings is 1. The Kier molecular flexibility index (Phi) is 6.35. The van der Waals surface area contributed by atoms with E-state index in [0.717, 1.165) is 21.7 Å². The van der Waals surface area contributed by atoms with Crippen LogP contribution in [-0.4, -0.2) is 21.9 Å². The zero-order valence-electron chi connectivity index (χ0n) is 16.7. The van der Waals surface area contributed by atoms with Gasteiger partial charge >= 0.3 is 0 Å². The van der Waals surface area contributed by atoms with Crippen LogP contribution in [0.15, 0.2) is 82.6 Å². The van der Waals surface area contributed by atoms with Crippen molar-refractivity contribution in [3.8, 4) is 16.9 Å². The van der Waals surface area contributed by atoms with Crippen molar-refractivity contribution in [2.75, 3.05) is 12.4 Å². The van der Waals surface area contributed by atoms with Crippen molar-refractivity contribution in [3.05, 3.63) is 88.5 Å². The molecule has 6 heteroatoms. The summed E-state index contributed by atoms with van der Waals surface area (Å²) in [6, 6.07) is 18.0. The van der Waals surface area contributed by atoms with Crippen molar-refractivity contribution in [1.82, 2.24) is 9.55 Å². The number of fused-ring (bicyclic) bond motifs is 1. The van der Waals surface area contributed by atoms with Crippen molar-refractivity contribution in [1.29, 1.82) is 0 Å². The van der Waals surface area contributed by atoms with Crippen molar-refractivity contribution < 1.29 is 4.74 Å². The minimum absolute atomic E-state index is 0.0260. The van der Waals surface area contributed by atoms with E-state index in [4.69, 9.17) is 9.72 Å². The SMILES string of the molecule is C=CCn1c(SCCOc2ccc(C)cc2)nc2scc(-c3ccccc3)c2c1=O. The number of nitrogens with zero attached hydrogens (tertiary/aromatic N) is 2. The van der Waals surface area contributed by atoms with Gasteiger partial charge < -0.3 is 4.74 Å². The van der Waals surface area contributed by atoms with Crippen LogP contribution >= 0.6 is 23.1 Å². The summed E-state index contributed by atoms with van der Waals surface area (Å²) in [5, 5.41) is 3.39. The fourth-order valence-corrected chi connectivity index (χ4v) is 4.98. The van der Waals surface area contributed by atoms with Crippen molar-refractivity contribution >= 4 is 33.3 Å². The Morgan fingerprint density at radius 1 is 1.17 bits per heavy atom. The summed E-state index contributed by atoms with van der Waals surface area (Å²) in [6.07, 6.45) is 1.73. The third kappa shape index (κ3) is 4.35.